The minimum atomic E-state index is 0.989. The van der Waals surface area contributed by atoms with Crippen LogP contribution in [0.1, 0.15) is 5.69 Å². The van der Waals surface area contributed by atoms with Crippen LogP contribution in [0.25, 0.3) is 0 Å². The summed E-state index contributed by atoms with van der Waals surface area (Å²) in [5.74, 6) is 2.14. The molecule has 0 amide bonds. The second-order valence-corrected chi connectivity index (χ2v) is 4.75. The molecule has 0 atom stereocenters. The third-order valence-corrected chi connectivity index (χ3v) is 3.01. The largest absolute Gasteiger partial charge is 0.388 e. The summed E-state index contributed by atoms with van der Waals surface area (Å²) in [6, 6.07) is 4.08. The number of aromatic nitrogens is 1. The van der Waals surface area contributed by atoms with Gasteiger partial charge >= 0.3 is 0 Å². The van der Waals surface area contributed by atoms with Gasteiger partial charge in [-0.25, -0.2) is 0 Å². The Bertz CT molecular complexity index is 289. The predicted molar refractivity (Wildman–Crippen MR) is 68.5 cm³/mol. The Balaban J connectivity index is 2.30. The van der Waals surface area contributed by atoms with Gasteiger partial charge in [0.05, 0.1) is 5.69 Å². The van der Waals surface area contributed by atoms with Crippen LogP contribution >= 0.6 is 11.8 Å². The fourth-order valence-electron chi connectivity index (χ4n) is 1.14. The van der Waals surface area contributed by atoms with Crippen molar-refractivity contribution in [2.45, 2.75) is 5.75 Å². The van der Waals surface area contributed by atoms with Gasteiger partial charge in [0, 0.05) is 37.0 Å². The molecule has 0 aromatic carbocycles. The first-order valence-corrected chi connectivity index (χ1v) is 6.23. The van der Waals surface area contributed by atoms with Gasteiger partial charge in [-0.2, -0.15) is 11.8 Å². The summed E-state index contributed by atoms with van der Waals surface area (Å²) in [6.07, 6.45) is 1.85. The van der Waals surface area contributed by atoms with Crippen molar-refractivity contribution in [3.63, 3.8) is 0 Å². The third kappa shape index (κ3) is 5.04. The second-order valence-electron chi connectivity index (χ2n) is 3.64. The molecule has 0 bridgehead atoms. The van der Waals surface area contributed by atoms with Crippen molar-refractivity contribution < 1.29 is 0 Å². The minimum Gasteiger partial charge on any atom is -0.388 e. The van der Waals surface area contributed by atoms with E-state index in [1.165, 1.54) is 0 Å². The van der Waals surface area contributed by atoms with Gasteiger partial charge in [0.15, 0.2) is 0 Å². The molecular weight excluding hydrogens is 206 g/mol. The second kappa shape index (κ2) is 6.69. The van der Waals surface area contributed by atoms with Crippen LogP contribution in [0.15, 0.2) is 18.3 Å². The van der Waals surface area contributed by atoms with E-state index in [-0.39, 0.29) is 0 Å². The summed E-state index contributed by atoms with van der Waals surface area (Å²) < 4.78 is 0. The zero-order chi connectivity index (χ0) is 11.1. The lowest BCUT2D eigenvalue weighted by molar-refractivity contribution is 0.437. The molecule has 4 heteroatoms. The highest BCUT2D eigenvalue weighted by atomic mass is 32.2. The van der Waals surface area contributed by atoms with Crippen molar-refractivity contribution in [2.24, 2.45) is 0 Å². The Hall–Kier alpha value is -0.740. The van der Waals surface area contributed by atoms with Crippen molar-refractivity contribution >= 4 is 17.4 Å². The number of nitrogens with one attached hydrogen (secondary N) is 1. The van der Waals surface area contributed by atoms with E-state index in [4.69, 9.17) is 0 Å². The lowest BCUT2D eigenvalue weighted by Crippen LogP contribution is -2.14. The molecule has 0 saturated heterocycles. The van der Waals surface area contributed by atoms with Crippen molar-refractivity contribution in [2.75, 3.05) is 38.8 Å². The molecule has 0 spiro atoms. The molecular formula is C11H19N3S. The summed E-state index contributed by atoms with van der Waals surface area (Å²) in [5.41, 5.74) is 2.28. The molecule has 0 aliphatic carbocycles. The van der Waals surface area contributed by atoms with Gasteiger partial charge in [0.2, 0.25) is 0 Å². The van der Waals surface area contributed by atoms with Gasteiger partial charge in [0.25, 0.3) is 0 Å². The van der Waals surface area contributed by atoms with Gasteiger partial charge in [-0.1, -0.05) is 0 Å². The predicted octanol–water partition coefficient (Wildman–Crippen LogP) is 1.92. The first-order chi connectivity index (χ1) is 7.22. The fraction of sp³-hybridized carbons (Fsp3) is 0.545. The maximum Gasteiger partial charge on any atom is 0.0523 e. The maximum atomic E-state index is 4.33. The molecule has 0 aliphatic heterocycles. The number of nitrogens with zero attached hydrogens (tertiary/aromatic N) is 2. The van der Waals surface area contributed by atoms with Crippen LogP contribution in [-0.2, 0) is 5.75 Å². The molecule has 1 rings (SSSR count). The summed E-state index contributed by atoms with van der Waals surface area (Å²) in [4.78, 5) is 6.53. The maximum absolute atomic E-state index is 4.33. The van der Waals surface area contributed by atoms with Crippen LogP contribution < -0.4 is 5.32 Å². The standard InChI is InChI=1S/C11H19N3S/c1-12-10-4-5-13-11(8-10)9-15-7-6-14(2)3/h4-5,8H,6-7,9H2,1-3H3,(H,12,13). The number of anilines is 1. The van der Waals surface area contributed by atoms with Gasteiger partial charge < -0.3 is 10.2 Å². The highest BCUT2D eigenvalue weighted by Crippen LogP contribution is 2.13. The molecule has 3 nitrogen and oxygen atoms in total. The summed E-state index contributed by atoms with van der Waals surface area (Å²) >= 11 is 1.92. The Morgan fingerprint density at radius 1 is 1.47 bits per heavy atom. The van der Waals surface area contributed by atoms with Crippen molar-refractivity contribution in [1.29, 1.82) is 0 Å². The van der Waals surface area contributed by atoms with Gasteiger partial charge in [-0.05, 0) is 26.2 Å². The number of hydrogen-bond acceptors (Lipinski definition) is 4. The smallest absolute Gasteiger partial charge is 0.0523 e. The van der Waals surface area contributed by atoms with Gasteiger partial charge in [-0.3, -0.25) is 4.98 Å². The minimum absolute atomic E-state index is 0.989. The lowest BCUT2D eigenvalue weighted by atomic mass is 10.3. The first-order valence-electron chi connectivity index (χ1n) is 5.07. The van der Waals surface area contributed by atoms with Crippen LogP contribution in [0.5, 0.6) is 0 Å². The molecule has 0 saturated carbocycles. The highest BCUT2D eigenvalue weighted by molar-refractivity contribution is 7.98. The monoisotopic (exact) mass is 225 g/mol. The molecule has 0 fully saturated rings. The normalized spacial score (nSPS) is 10.7. The number of hydrogen-bond donors (Lipinski definition) is 1. The van der Waals surface area contributed by atoms with Crippen molar-refractivity contribution in [3.05, 3.63) is 24.0 Å². The van der Waals surface area contributed by atoms with Crippen LogP contribution in [0.4, 0.5) is 5.69 Å². The molecule has 1 heterocycles. The Morgan fingerprint density at radius 3 is 2.93 bits per heavy atom. The van der Waals surface area contributed by atoms with Crippen LogP contribution in [-0.4, -0.2) is 43.3 Å². The van der Waals surface area contributed by atoms with E-state index in [1.807, 2.05) is 31.1 Å². The molecule has 0 unspecified atom stereocenters. The van der Waals surface area contributed by atoms with Crippen LogP contribution in [0, 0.1) is 0 Å². The average molecular weight is 225 g/mol. The molecule has 1 aromatic rings. The van der Waals surface area contributed by atoms with E-state index in [9.17, 15) is 0 Å². The molecule has 84 valence electrons. The fourth-order valence-corrected chi connectivity index (χ4v) is 2.14. The molecule has 0 aliphatic rings. The third-order valence-electron chi connectivity index (χ3n) is 2.04. The quantitative estimate of drug-likeness (QED) is 0.749. The van der Waals surface area contributed by atoms with Gasteiger partial charge in [-0.15, -0.1) is 0 Å². The van der Waals surface area contributed by atoms with E-state index in [2.05, 4.69) is 35.4 Å². The van der Waals surface area contributed by atoms with Gasteiger partial charge in [0.1, 0.15) is 0 Å². The van der Waals surface area contributed by atoms with E-state index < -0.39 is 0 Å². The highest BCUT2D eigenvalue weighted by Gasteiger charge is 1.97. The van der Waals surface area contributed by atoms with E-state index in [0.717, 1.165) is 29.4 Å². The molecule has 0 radical (unpaired) electrons. The summed E-state index contributed by atoms with van der Waals surface area (Å²) in [6.45, 7) is 1.12. The van der Waals surface area contributed by atoms with E-state index >= 15 is 0 Å². The van der Waals surface area contributed by atoms with E-state index in [0.29, 0.717) is 0 Å². The topological polar surface area (TPSA) is 28.2 Å². The number of thioether (sulfide) groups is 1. The summed E-state index contributed by atoms with van der Waals surface area (Å²) in [5, 5.41) is 3.12. The number of rotatable bonds is 6. The Morgan fingerprint density at radius 2 is 2.27 bits per heavy atom. The molecule has 1 N–H and O–H groups in total. The van der Waals surface area contributed by atoms with Crippen LogP contribution in [0.3, 0.4) is 0 Å². The summed E-state index contributed by atoms with van der Waals surface area (Å²) in [7, 11) is 6.12. The van der Waals surface area contributed by atoms with Crippen molar-refractivity contribution in [1.82, 2.24) is 9.88 Å². The lowest BCUT2D eigenvalue weighted by Gasteiger charge is -2.08. The molecule has 15 heavy (non-hydrogen) atoms. The zero-order valence-electron chi connectivity index (χ0n) is 9.66. The Kier molecular flexibility index (Phi) is 5.50. The van der Waals surface area contributed by atoms with Crippen LogP contribution in [0.2, 0.25) is 0 Å². The van der Waals surface area contributed by atoms with Crippen molar-refractivity contribution in [3.8, 4) is 0 Å². The first kappa shape index (κ1) is 12.3. The zero-order valence-corrected chi connectivity index (χ0v) is 10.5. The SMILES string of the molecule is CNc1ccnc(CSCCN(C)C)c1. The Labute approximate surface area is 96.3 Å². The molecule has 1 aromatic heterocycles. The van der Waals surface area contributed by atoms with E-state index in [1.54, 1.807) is 0 Å². The average Bonchev–Trinajstić information content (AvgIpc) is 2.24. The number of pyridine rings is 1.